The third-order valence-corrected chi connectivity index (χ3v) is 0.706. The van der Waals surface area contributed by atoms with E-state index in [4.69, 9.17) is 5.84 Å². The smallest absolute Gasteiger partial charge is 0.215 e. The van der Waals surface area contributed by atoms with Crippen molar-refractivity contribution in [1.29, 1.82) is 0 Å². The number of hydrogen-bond donors (Lipinski definition) is 1. The van der Waals surface area contributed by atoms with Crippen molar-refractivity contribution in [3.63, 3.8) is 0 Å². The van der Waals surface area contributed by atoms with Gasteiger partial charge in [-0.15, -0.1) is 10.2 Å². The van der Waals surface area contributed by atoms with Crippen molar-refractivity contribution >= 4 is 6.29 Å². The van der Waals surface area contributed by atoms with Crippen molar-refractivity contribution in [3.05, 3.63) is 12.2 Å². The second kappa shape index (κ2) is 3.20. The van der Waals surface area contributed by atoms with Gasteiger partial charge in [-0.25, -0.2) is 4.68 Å². The van der Waals surface area contributed by atoms with E-state index in [1.807, 2.05) is 0 Å². The van der Waals surface area contributed by atoms with E-state index in [2.05, 4.69) is 10.2 Å². The predicted octanol–water partition coefficient (Wildman–Crippen LogP) is -1.20. The molecule has 0 amide bonds. The zero-order valence-electron chi connectivity index (χ0n) is 4.32. The Bertz CT molecular complexity index is 197. The SMILES string of the molecule is Nn1cnnc1C=O.[Co]. The Morgan fingerprint density at radius 3 is 2.67 bits per heavy atom. The van der Waals surface area contributed by atoms with Gasteiger partial charge in [0.15, 0.2) is 6.29 Å². The van der Waals surface area contributed by atoms with Gasteiger partial charge in [-0.05, 0) is 0 Å². The molecule has 9 heavy (non-hydrogen) atoms. The molecule has 6 heteroatoms. The van der Waals surface area contributed by atoms with E-state index in [1.54, 1.807) is 0 Å². The fraction of sp³-hybridized carbons (Fsp3) is 0. The molecule has 0 aliphatic rings. The molecule has 2 N–H and O–H groups in total. The summed E-state index contributed by atoms with van der Waals surface area (Å²) in [6, 6.07) is 0. The third-order valence-electron chi connectivity index (χ3n) is 0.706. The van der Waals surface area contributed by atoms with Crippen LogP contribution in [0.1, 0.15) is 10.6 Å². The van der Waals surface area contributed by atoms with Gasteiger partial charge in [-0.1, -0.05) is 0 Å². The standard InChI is InChI=1S/C3H4N4O.Co/c4-7-2-5-6-3(7)1-8;/h1-2H,4H2;. The van der Waals surface area contributed by atoms with Crippen molar-refractivity contribution in [1.82, 2.24) is 14.9 Å². The van der Waals surface area contributed by atoms with Gasteiger partial charge < -0.3 is 5.84 Å². The van der Waals surface area contributed by atoms with E-state index < -0.39 is 0 Å². The van der Waals surface area contributed by atoms with E-state index in [1.165, 1.54) is 6.33 Å². The summed E-state index contributed by atoms with van der Waals surface area (Å²) in [6.07, 6.45) is 1.79. The first kappa shape index (κ1) is 8.12. The normalized spacial score (nSPS) is 8.00. The number of nitrogens with two attached hydrogens (primary N) is 1. The van der Waals surface area contributed by atoms with Gasteiger partial charge in [-0.2, -0.15) is 0 Å². The molecule has 1 heterocycles. The topological polar surface area (TPSA) is 73.8 Å². The molecule has 1 aromatic heterocycles. The summed E-state index contributed by atoms with van der Waals surface area (Å²) >= 11 is 0. The Morgan fingerprint density at radius 2 is 2.44 bits per heavy atom. The van der Waals surface area contributed by atoms with E-state index in [9.17, 15) is 4.79 Å². The Kier molecular flexibility index (Phi) is 2.89. The molecule has 0 spiro atoms. The largest absolute Gasteiger partial charge is 0.336 e. The minimum absolute atomic E-state index is 0. The van der Waals surface area contributed by atoms with Crippen LogP contribution in [-0.2, 0) is 16.8 Å². The van der Waals surface area contributed by atoms with Crippen molar-refractivity contribution in [2.24, 2.45) is 0 Å². The maximum atomic E-state index is 9.89. The summed E-state index contributed by atoms with van der Waals surface area (Å²) in [6.45, 7) is 0. The van der Waals surface area contributed by atoms with Crippen LogP contribution in [0, 0.1) is 0 Å². The summed E-state index contributed by atoms with van der Waals surface area (Å²) in [5, 5.41) is 6.70. The molecule has 0 unspecified atom stereocenters. The number of carbonyl (C=O) groups excluding carboxylic acids is 1. The van der Waals surface area contributed by atoms with Gasteiger partial charge in [0.2, 0.25) is 5.82 Å². The molecule has 51 valence electrons. The Labute approximate surface area is 61.4 Å². The molecule has 0 aromatic carbocycles. The van der Waals surface area contributed by atoms with Crippen molar-refractivity contribution < 1.29 is 21.6 Å². The van der Waals surface area contributed by atoms with Crippen LogP contribution in [0.5, 0.6) is 0 Å². The quantitative estimate of drug-likeness (QED) is 0.425. The zero-order chi connectivity index (χ0) is 5.98. The molecule has 1 radical (unpaired) electrons. The molecular weight excluding hydrogens is 167 g/mol. The molecule has 0 atom stereocenters. The number of nitrogens with zero attached hydrogens (tertiary/aromatic N) is 3. The van der Waals surface area contributed by atoms with E-state index in [0.717, 1.165) is 4.68 Å². The number of nitrogen functional groups attached to an aromatic ring is 1. The van der Waals surface area contributed by atoms with Gasteiger partial charge >= 0.3 is 0 Å². The van der Waals surface area contributed by atoms with Crippen molar-refractivity contribution in [2.45, 2.75) is 0 Å². The van der Waals surface area contributed by atoms with Gasteiger partial charge in [0.25, 0.3) is 0 Å². The van der Waals surface area contributed by atoms with Crippen molar-refractivity contribution in [3.8, 4) is 0 Å². The van der Waals surface area contributed by atoms with Crippen LogP contribution in [-0.4, -0.2) is 21.2 Å². The first-order valence-corrected chi connectivity index (χ1v) is 1.95. The molecular formula is C3H4CoN4O. The maximum Gasteiger partial charge on any atom is 0.215 e. The zero-order valence-corrected chi connectivity index (χ0v) is 5.36. The maximum absolute atomic E-state index is 9.89. The molecule has 1 aromatic rings. The summed E-state index contributed by atoms with van der Waals surface area (Å²) in [7, 11) is 0. The van der Waals surface area contributed by atoms with Gasteiger partial charge in [-0.3, -0.25) is 4.79 Å². The van der Waals surface area contributed by atoms with Crippen LogP contribution in [0.4, 0.5) is 0 Å². The second-order valence-electron chi connectivity index (χ2n) is 1.21. The minimum atomic E-state index is 0. The molecule has 0 bridgehead atoms. The monoisotopic (exact) mass is 171 g/mol. The fourth-order valence-corrected chi connectivity index (χ4v) is 0.336. The molecule has 0 saturated heterocycles. The predicted molar refractivity (Wildman–Crippen MR) is 25.6 cm³/mol. The van der Waals surface area contributed by atoms with Crippen LogP contribution in [0.2, 0.25) is 0 Å². The third kappa shape index (κ3) is 1.51. The van der Waals surface area contributed by atoms with Crippen LogP contribution >= 0.6 is 0 Å². The first-order chi connectivity index (χ1) is 3.84. The fourth-order valence-electron chi connectivity index (χ4n) is 0.336. The Morgan fingerprint density at radius 1 is 1.78 bits per heavy atom. The minimum Gasteiger partial charge on any atom is -0.336 e. The van der Waals surface area contributed by atoms with Crippen LogP contribution in [0.15, 0.2) is 6.33 Å². The average molecular weight is 171 g/mol. The molecule has 5 nitrogen and oxygen atoms in total. The van der Waals surface area contributed by atoms with Crippen molar-refractivity contribution in [2.75, 3.05) is 5.84 Å². The van der Waals surface area contributed by atoms with Gasteiger partial charge in [0.05, 0.1) is 0 Å². The molecule has 0 saturated carbocycles. The van der Waals surface area contributed by atoms with Crippen LogP contribution in [0.3, 0.4) is 0 Å². The number of rotatable bonds is 1. The number of aromatic nitrogens is 3. The van der Waals surface area contributed by atoms with Gasteiger partial charge in [0, 0.05) is 16.8 Å². The Hall–Kier alpha value is -0.884. The summed E-state index contributed by atoms with van der Waals surface area (Å²) < 4.78 is 1.05. The molecule has 1 rings (SSSR count). The van der Waals surface area contributed by atoms with E-state index in [0.29, 0.717) is 6.29 Å². The summed E-state index contributed by atoms with van der Waals surface area (Å²) in [5.41, 5.74) is 0. The van der Waals surface area contributed by atoms with Gasteiger partial charge in [0.1, 0.15) is 6.33 Å². The average Bonchev–Trinajstić information content (AvgIpc) is 2.14. The second-order valence-corrected chi connectivity index (χ2v) is 1.21. The number of carbonyl (C=O) groups is 1. The number of hydrogen-bond acceptors (Lipinski definition) is 4. The Balaban J connectivity index is 0.000000640. The molecule has 0 aliphatic carbocycles. The van der Waals surface area contributed by atoms with E-state index in [-0.39, 0.29) is 22.6 Å². The van der Waals surface area contributed by atoms with Crippen LogP contribution in [0.25, 0.3) is 0 Å². The first-order valence-electron chi connectivity index (χ1n) is 1.95. The van der Waals surface area contributed by atoms with E-state index >= 15 is 0 Å². The molecule has 0 fully saturated rings. The molecule has 0 aliphatic heterocycles. The summed E-state index contributed by atoms with van der Waals surface area (Å²) in [4.78, 5) is 9.89. The van der Waals surface area contributed by atoms with Crippen LogP contribution < -0.4 is 5.84 Å². The number of aldehydes is 1. The summed E-state index contributed by atoms with van der Waals surface area (Å²) in [5.74, 6) is 5.24.